The summed E-state index contributed by atoms with van der Waals surface area (Å²) in [6.45, 7) is 4.32. The maximum Gasteiger partial charge on any atom is 0.268 e. The van der Waals surface area contributed by atoms with Gasteiger partial charge in [-0.1, -0.05) is 13.8 Å². The van der Waals surface area contributed by atoms with Crippen LogP contribution >= 0.6 is 0 Å². The molecule has 4 nitrogen and oxygen atoms in total. The highest BCUT2D eigenvalue weighted by atomic mass is 16.1. The number of aromatic amines is 2. The Morgan fingerprint density at radius 2 is 2.09 bits per heavy atom. The predicted octanol–water partition coefficient (Wildman–Crippen LogP) is 0.285. The van der Waals surface area contributed by atoms with Gasteiger partial charge in [-0.25, -0.2) is 0 Å². The first kappa shape index (κ1) is 8.07. The highest BCUT2D eigenvalue weighted by molar-refractivity contribution is 5.18. The maximum absolute atomic E-state index is 11.0. The second kappa shape index (κ2) is 2.92. The zero-order valence-electron chi connectivity index (χ0n) is 6.77. The van der Waals surface area contributed by atoms with Gasteiger partial charge in [0, 0.05) is 12.2 Å². The monoisotopic (exact) mass is 155 g/mol. The molecule has 11 heavy (non-hydrogen) atoms. The second-order valence-electron chi connectivity index (χ2n) is 2.83. The summed E-state index contributed by atoms with van der Waals surface area (Å²) < 4.78 is 0. The van der Waals surface area contributed by atoms with E-state index >= 15 is 0 Å². The maximum atomic E-state index is 11.0. The fourth-order valence-corrected chi connectivity index (χ4v) is 1.09. The average Bonchev–Trinajstić information content (AvgIpc) is 2.30. The third kappa shape index (κ3) is 1.35. The van der Waals surface area contributed by atoms with E-state index in [9.17, 15) is 4.79 Å². The minimum absolute atomic E-state index is 0.101. The number of hydrogen-bond acceptors (Lipinski definition) is 2. The zero-order chi connectivity index (χ0) is 8.43. The van der Waals surface area contributed by atoms with E-state index in [1.54, 1.807) is 0 Å². The van der Waals surface area contributed by atoms with Crippen molar-refractivity contribution in [2.45, 2.75) is 26.3 Å². The molecule has 0 saturated heterocycles. The van der Waals surface area contributed by atoms with Crippen molar-refractivity contribution in [1.29, 1.82) is 0 Å². The molecule has 0 radical (unpaired) electrons. The summed E-state index contributed by atoms with van der Waals surface area (Å²) >= 11 is 0. The topological polar surface area (TPSA) is 74.7 Å². The average molecular weight is 155 g/mol. The van der Waals surface area contributed by atoms with Gasteiger partial charge in [0.05, 0.1) is 5.56 Å². The molecule has 1 heterocycles. The summed E-state index contributed by atoms with van der Waals surface area (Å²) in [7, 11) is 0. The number of nitrogens with one attached hydrogen (secondary N) is 2. The molecule has 0 aliphatic carbocycles. The molecule has 0 aliphatic rings. The number of aromatic nitrogens is 2. The van der Waals surface area contributed by atoms with Crippen molar-refractivity contribution < 1.29 is 0 Å². The summed E-state index contributed by atoms with van der Waals surface area (Å²) in [5, 5.41) is 5.32. The van der Waals surface area contributed by atoms with Gasteiger partial charge in [0.2, 0.25) is 0 Å². The van der Waals surface area contributed by atoms with Crippen LogP contribution in [-0.2, 0) is 6.54 Å². The van der Waals surface area contributed by atoms with Crippen LogP contribution in [0.4, 0.5) is 0 Å². The van der Waals surface area contributed by atoms with Crippen LogP contribution in [0.15, 0.2) is 4.79 Å². The number of rotatable bonds is 2. The summed E-state index contributed by atoms with van der Waals surface area (Å²) in [5.74, 6) is 0.312. The molecule has 0 fully saturated rings. The van der Waals surface area contributed by atoms with E-state index in [1.807, 2.05) is 13.8 Å². The molecule has 1 aromatic rings. The van der Waals surface area contributed by atoms with Crippen molar-refractivity contribution in [2.75, 3.05) is 0 Å². The SMILES string of the molecule is CC(C)c1[nH][nH]c(=O)c1CN. The van der Waals surface area contributed by atoms with Crippen LogP contribution in [0.1, 0.15) is 31.0 Å². The minimum atomic E-state index is -0.101. The van der Waals surface area contributed by atoms with Crippen LogP contribution in [0.5, 0.6) is 0 Å². The van der Waals surface area contributed by atoms with Gasteiger partial charge < -0.3 is 10.8 Å². The van der Waals surface area contributed by atoms with Crippen LogP contribution in [-0.4, -0.2) is 10.2 Å². The van der Waals surface area contributed by atoms with E-state index < -0.39 is 0 Å². The van der Waals surface area contributed by atoms with Crippen molar-refractivity contribution in [3.63, 3.8) is 0 Å². The quantitative estimate of drug-likeness (QED) is 0.574. The molecule has 0 atom stereocenters. The van der Waals surface area contributed by atoms with E-state index in [0.717, 1.165) is 5.69 Å². The molecular weight excluding hydrogens is 142 g/mol. The Bertz CT molecular complexity index is 284. The van der Waals surface area contributed by atoms with Gasteiger partial charge in [0.1, 0.15) is 0 Å². The normalized spacial score (nSPS) is 10.9. The summed E-state index contributed by atoms with van der Waals surface area (Å²) in [6, 6.07) is 0. The van der Waals surface area contributed by atoms with Crippen molar-refractivity contribution in [1.82, 2.24) is 10.2 Å². The van der Waals surface area contributed by atoms with Crippen molar-refractivity contribution >= 4 is 0 Å². The lowest BCUT2D eigenvalue weighted by Gasteiger charge is -2.01. The standard InChI is InChI=1S/C7H13N3O/c1-4(2)6-5(3-8)7(11)10-9-6/h4H,3,8H2,1-2H3,(H2,9,10,11). The van der Waals surface area contributed by atoms with Gasteiger partial charge in [0.25, 0.3) is 5.56 Å². The molecule has 0 aromatic carbocycles. The fraction of sp³-hybridized carbons (Fsp3) is 0.571. The molecule has 4 heteroatoms. The third-order valence-corrected chi connectivity index (χ3v) is 1.69. The molecule has 0 spiro atoms. The molecule has 0 unspecified atom stereocenters. The minimum Gasteiger partial charge on any atom is -0.326 e. The first-order valence-electron chi connectivity index (χ1n) is 3.66. The predicted molar refractivity (Wildman–Crippen MR) is 43.4 cm³/mol. The van der Waals surface area contributed by atoms with Gasteiger partial charge in [-0.15, -0.1) is 0 Å². The van der Waals surface area contributed by atoms with Gasteiger partial charge in [-0.05, 0) is 5.92 Å². The lowest BCUT2D eigenvalue weighted by molar-refractivity contribution is 0.794. The van der Waals surface area contributed by atoms with Crippen LogP contribution in [0, 0.1) is 0 Å². The second-order valence-corrected chi connectivity index (χ2v) is 2.83. The zero-order valence-corrected chi connectivity index (χ0v) is 6.77. The highest BCUT2D eigenvalue weighted by Crippen LogP contribution is 2.11. The first-order valence-corrected chi connectivity index (χ1v) is 3.66. The first-order chi connectivity index (χ1) is 5.16. The number of H-pyrrole nitrogens is 2. The molecule has 0 saturated carbocycles. The van der Waals surface area contributed by atoms with Crippen molar-refractivity contribution in [3.05, 3.63) is 21.6 Å². The largest absolute Gasteiger partial charge is 0.326 e. The Morgan fingerprint density at radius 3 is 2.45 bits per heavy atom. The molecule has 0 bridgehead atoms. The molecule has 0 aliphatic heterocycles. The molecule has 4 N–H and O–H groups in total. The van der Waals surface area contributed by atoms with Crippen LogP contribution in [0.2, 0.25) is 0 Å². The van der Waals surface area contributed by atoms with E-state index in [-0.39, 0.29) is 5.56 Å². The third-order valence-electron chi connectivity index (χ3n) is 1.69. The van der Waals surface area contributed by atoms with Gasteiger partial charge in [-0.2, -0.15) is 0 Å². The Hall–Kier alpha value is -1.03. The van der Waals surface area contributed by atoms with Crippen LogP contribution < -0.4 is 11.3 Å². The number of hydrogen-bond donors (Lipinski definition) is 3. The molecule has 1 rings (SSSR count). The van der Waals surface area contributed by atoms with Gasteiger partial charge in [-0.3, -0.25) is 9.89 Å². The Labute approximate surface area is 64.8 Å². The lowest BCUT2D eigenvalue weighted by atomic mass is 10.1. The summed E-state index contributed by atoms with van der Waals surface area (Å²) in [5.41, 5.74) is 6.87. The lowest BCUT2D eigenvalue weighted by Crippen LogP contribution is -2.11. The van der Waals surface area contributed by atoms with Crippen molar-refractivity contribution in [3.8, 4) is 0 Å². The van der Waals surface area contributed by atoms with Gasteiger partial charge >= 0.3 is 0 Å². The molecule has 62 valence electrons. The van der Waals surface area contributed by atoms with Gasteiger partial charge in [0.15, 0.2) is 0 Å². The Kier molecular flexibility index (Phi) is 2.14. The smallest absolute Gasteiger partial charge is 0.268 e. The summed E-state index contributed by atoms with van der Waals surface area (Å²) in [6.07, 6.45) is 0. The van der Waals surface area contributed by atoms with E-state index in [1.165, 1.54) is 0 Å². The van der Waals surface area contributed by atoms with E-state index in [2.05, 4.69) is 10.2 Å². The van der Waals surface area contributed by atoms with E-state index in [0.29, 0.717) is 18.0 Å². The number of nitrogens with two attached hydrogens (primary N) is 1. The molecular formula is C7H13N3O. The van der Waals surface area contributed by atoms with E-state index in [4.69, 9.17) is 5.73 Å². The fourth-order valence-electron chi connectivity index (χ4n) is 1.09. The molecule has 1 aromatic heterocycles. The Morgan fingerprint density at radius 1 is 1.45 bits per heavy atom. The van der Waals surface area contributed by atoms with Crippen LogP contribution in [0.3, 0.4) is 0 Å². The van der Waals surface area contributed by atoms with Crippen molar-refractivity contribution in [2.24, 2.45) is 5.73 Å². The molecule has 0 amide bonds. The Balaban J connectivity index is 3.16. The summed E-state index contributed by atoms with van der Waals surface area (Å²) in [4.78, 5) is 11.0. The highest BCUT2D eigenvalue weighted by Gasteiger charge is 2.10. The van der Waals surface area contributed by atoms with Crippen LogP contribution in [0.25, 0.3) is 0 Å².